The molecule has 2 fully saturated rings. The molecule has 176 valence electrons. The predicted molar refractivity (Wildman–Crippen MR) is 130 cm³/mol. The first-order valence-electron chi connectivity index (χ1n) is 11.4. The molecule has 2 N–H and O–H groups in total. The number of benzene rings is 1. The summed E-state index contributed by atoms with van der Waals surface area (Å²) in [6.07, 6.45) is 11.0. The lowest BCUT2D eigenvalue weighted by atomic mass is 10.1. The molecule has 0 radical (unpaired) electrons. The Morgan fingerprint density at radius 2 is 2.09 bits per heavy atom. The Morgan fingerprint density at radius 3 is 2.85 bits per heavy atom. The van der Waals surface area contributed by atoms with E-state index in [4.69, 9.17) is 9.57 Å². The van der Waals surface area contributed by atoms with Gasteiger partial charge in [0, 0.05) is 49.3 Å². The number of hydroxylamine groups is 1. The van der Waals surface area contributed by atoms with Gasteiger partial charge in [0.2, 0.25) is 0 Å². The van der Waals surface area contributed by atoms with Gasteiger partial charge in [-0.2, -0.15) is 0 Å². The molecule has 2 saturated heterocycles. The number of hydrogen-bond acceptors (Lipinski definition) is 7. The van der Waals surface area contributed by atoms with E-state index < -0.39 is 0 Å². The summed E-state index contributed by atoms with van der Waals surface area (Å²) in [5.41, 5.74) is 4.35. The molecule has 0 spiro atoms. The van der Waals surface area contributed by atoms with Crippen LogP contribution in [0.25, 0.3) is 6.08 Å². The smallest absolute Gasteiger partial charge is 0.267 e. The van der Waals surface area contributed by atoms with E-state index in [0.717, 1.165) is 62.0 Å². The Hall–Kier alpha value is -2.33. The third-order valence-electron chi connectivity index (χ3n) is 5.76. The quantitative estimate of drug-likeness (QED) is 0.389. The first-order chi connectivity index (χ1) is 16.1. The second-order valence-corrected chi connectivity index (χ2v) is 9.26. The molecule has 4 rings (SSSR count). The van der Waals surface area contributed by atoms with Gasteiger partial charge in [-0.1, -0.05) is 28.1 Å². The first-order valence-corrected chi connectivity index (χ1v) is 12.2. The zero-order chi connectivity index (χ0) is 22.9. The molecule has 1 aromatic heterocycles. The second kappa shape index (κ2) is 12.2. The second-order valence-electron chi connectivity index (χ2n) is 8.35. The van der Waals surface area contributed by atoms with Gasteiger partial charge in [-0.3, -0.25) is 9.78 Å². The average Bonchev–Trinajstić information content (AvgIpc) is 3.30. The highest BCUT2D eigenvalue weighted by atomic mass is 79.9. The van der Waals surface area contributed by atoms with E-state index in [0.29, 0.717) is 18.3 Å². The molecule has 0 aliphatic carbocycles. The Balaban J connectivity index is 1.16. The summed E-state index contributed by atoms with van der Waals surface area (Å²) >= 11 is 3.48. The number of amides is 1. The molecule has 1 amide bonds. The van der Waals surface area contributed by atoms with Crippen molar-refractivity contribution in [1.82, 2.24) is 20.3 Å². The molecule has 2 aliphatic rings. The summed E-state index contributed by atoms with van der Waals surface area (Å²) in [4.78, 5) is 28.4. The van der Waals surface area contributed by atoms with Crippen molar-refractivity contribution in [2.75, 3.05) is 31.6 Å². The summed E-state index contributed by atoms with van der Waals surface area (Å²) in [5, 5.41) is 3.47. The van der Waals surface area contributed by atoms with Crippen molar-refractivity contribution in [3.05, 3.63) is 58.5 Å². The third-order valence-corrected chi connectivity index (χ3v) is 6.29. The van der Waals surface area contributed by atoms with E-state index in [-0.39, 0.29) is 12.2 Å². The molecule has 2 atom stereocenters. The molecular formula is C24H30BrN5O3. The third kappa shape index (κ3) is 7.89. The normalized spacial score (nSPS) is 21.4. The number of nitrogens with zero attached hydrogens (tertiary/aromatic N) is 3. The van der Waals surface area contributed by atoms with Crippen LogP contribution in [0.5, 0.6) is 0 Å². The van der Waals surface area contributed by atoms with Gasteiger partial charge in [-0.15, -0.1) is 0 Å². The molecule has 1 unspecified atom stereocenters. The fourth-order valence-electron chi connectivity index (χ4n) is 3.92. The molecule has 1 aromatic carbocycles. The molecule has 0 saturated carbocycles. The first kappa shape index (κ1) is 23.8. The molecule has 3 heterocycles. The SMILES string of the molecule is O=C(/C=C/c1cnc(N[C@@H]2CCN(CCc3ccc(Br)cc3)C2)cn1)NOC1CCCCO1. The lowest BCUT2D eigenvalue weighted by Crippen LogP contribution is -2.32. The Bertz CT molecular complexity index is 917. The molecular weight excluding hydrogens is 486 g/mol. The van der Waals surface area contributed by atoms with Gasteiger partial charge in [0.05, 0.1) is 18.1 Å². The minimum absolute atomic E-state index is 0.357. The molecule has 2 aliphatic heterocycles. The van der Waals surface area contributed by atoms with Crippen molar-refractivity contribution in [2.24, 2.45) is 0 Å². The fraction of sp³-hybridized carbons (Fsp3) is 0.458. The largest absolute Gasteiger partial charge is 0.365 e. The van der Waals surface area contributed by atoms with Gasteiger partial charge in [0.15, 0.2) is 6.29 Å². The fourth-order valence-corrected chi connectivity index (χ4v) is 4.19. The topological polar surface area (TPSA) is 88.6 Å². The van der Waals surface area contributed by atoms with E-state index in [9.17, 15) is 4.79 Å². The van der Waals surface area contributed by atoms with Crippen molar-refractivity contribution in [3.8, 4) is 0 Å². The number of anilines is 1. The highest BCUT2D eigenvalue weighted by molar-refractivity contribution is 9.10. The van der Waals surface area contributed by atoms with Gasteiger partial charge in [-0.25, -0.2) is 15.3 Å². The number of carbonyl (C=O) groups excluding carboxylic acids is 1. The van der Waals surface area contributed by atoms with Crippen LogP contribution < -0.4 is 10.8 Å². The van der Waals surface area contributed by atoms with Gasteiger partial charge in [0.25, 0.3) is 5.91 Å². The van der Waals surface area contributed by atoms with E-state index in [2.05, 4.69) is 65.9 Å². The highest BCUT2D eigenvalue weighted by Gasteiger charge is 2.22. The zero-order valence-corrected chi connectivity index (χ0v) is 20.2. The van der Waals surface area contributed by atoms with Crippen molar-refractivity contribution in [1.29, 1.82) is 0 Å². The Kier molecular flexibility index (Phi) is 8.82. The average molecular weight is 516 g/mol. The standard InChI is InChI=1S/C24H30BrN5O3/c25-19-6-4-18(5-7-19)10-12-30-13-11-21(17-30)28-22-16-26-20(15-27-22)8-9-23(31)29-33-24-3-1-2-14-32-24/h4-9,15-16,21,24H,1-3,10-14,17H2,(H,27,28)(H,29,31)/b9-8+/t21-,24?/m1/s1. The Morgan fingerprint density at radius 1 is 1.21 bits per heavy atom. The van der Waals surface area contributed by atoms with Crippen LogP contribution in [-0.2, 0) is 20.8 Å². The lowest BCUT2D eigenvalue weighted by Gasteiger charge is -2.21. The number of rotatable bonds is 9. The van der Waals surface area contributed by atoms with Crippen LogP contribution in [0.2, 0.25) is 0 Å². The zero-order valence-electron chi connectivity index (χ0n) is 18.6. The maximum atomic E-state index is 11.9. The van der Waals surface area contributed by atoms with Gasteiger partial charge in [-0.05, 0) is 49.5 Å². The van der Waals surface area contributed by atoms with Crippen LogP contribution in [0, 0.1) is 0 Å². The number of aromatic nitrogens is 2. The van der Waals surface area contributed by atoms with E-state index in [1.165, 1.54) is 11.6 Å². The minimum Gasteiger partial charge on any atom is -0.365 e. The van der Waals surface area contributed by atoms with E-state index in [1.54, 1.807) is 18.5 Å². The lowest BCUT2D eigenvalue weighted by molar-refractivity contribution is -0.198. The van der Waals surface area contributed by atoms with Crippen LogP contribution >= 0.6 is 15.9 Å². The summed E-state index contributed by atoms with van der Waals surface area (Å²) in [5.74, 6) is 0.386. The maximum Gasteiger partial charge on any atom is 0.267 e. The van der Waals surface area contributed by atoms with Crippen LogP contribution in [0.3, 0.4) is 0 Å². The van der Waals surface area contributed by atoms with E-state index >= 15 is 0 Å². The predicted octanol–water partition coefficient (Wildman–Crippen LogP) is 3.56. The summed E-state index contributed by atoms with van der Waals surface area (Å²) in [6, 6.07) is 8.88. The van der Waals surface area contributed by atoms with Crippen molar-refractivity contribution < 1.29 is 14.4 Å². The molecule has 33 heavy (non-hydrogen) atoms. The molecule has 0 bridgehead atoms. The Labute approximate surface area is 202 Å². The van der Waals surface area contributed by atoms with Gasteiger partial charge >= 0.3 is 0 Å². The summed E-state index contributed by atoms with van der Waals surface area (Å²) in [6.45, 7) is 3.78. The number of likely N-dealkylation sites (tertiary alicyclic amines) is 1. The number of halogens is 1. The molecule has 2 aromatic rings. The van der Waals surface area contributed by atoms with Crippen LogP contribution in [0.4, 0.5) is 5.82 Å². The van der Waals surface area contributed by atoms with Crippen molar-refractivity contribution in [3.63, 3.8) is 0 Å². The van der Waals surface area contributed by atoms with Crippen molar-refractivity contribution in [2.45, 2.75) is 44.4 Å². The van der Waals surface area contributed by atoms with Crippen LogP contribution in [0.1, 0.15) is 36.9 Å². The van der Waals surface area contributed by atoms with Crippen LogP contribution in [-0.4, -0.2) is 59.3 Å². The van der Waals surface area contributed by atoms with E-state index in [1.807, 2.05) is 0 Å². The van der Waals surface area contributed by atoms with Gasteiger partial charge < -0.3 is 15.0 Å². The number of ether oxygens (including phenoxy) is 1. The number of hydrogen-bond donors (Lipinski definition) is 2. The number of carbonyl (C=O) groups is 1. The molecule has 9 heteroatoms. The maximum absolute atomic E-state index is 11.9. The highest BCUT2D eigenvalue weighted by Crippen LogP contribution is 2.16. The summed E-state index contributed by atoms with van der Waals surface area (Å²) in [7, 11) is 0. The number of nitrogens with one attached hydrogen (secondary N) is 2. The van der Waals surface area contributed by atoms with Gasteiger partial charge in [0.1, 0.15) is 5.82 Å². The summed E-state index contributed by atoms with van der Waals surface area (Å²) < 4.78 is 6.52. The van der Waals surface area contributed by atoms with Crippen molar-refractivity contribution >= 4 is 33.7 Å². The molecule has 8 nitrogen and oxygen atoms in total. The monoisotopic (exact) mass is 515 g/mol. The minimum atomic E-state index is -0.367. The van der Waals surface area contributed by atoms with Crippen LogP contribution in [0.15, 0.2) is 47.2 Å².